The van der Waals surface area contributed by atoms with Crippen molar-refractivity contribution in [1.82, 2.24) is 9.97 Å². The molecule has 1 aromatic rings. The molecule has 1 aromatic heterocycles. The van der Waals surface area contributed by atoms with Gasteiger partial charge in [0.25, 0.3) is 0 Å². The van der Waals surface area contributed by atoms with E-state index in [1.807, 2.05) is 4.98 Å². The summed E-state index contributed by atoms with van der Waals surface area (Å²) in [6, 6.07) is 0. The molecule has 0 saturated carbocycles. The van der Waals surface area contributed by atoms with Crippen LogP contribution in [0.15, 0.2) is 0 Å². The highest BCUT2D eigenvalue weighted by Crippen LogP contribution is 2.06. The van der Waals surface area contributed by atoms with E-state index >= 15 is 0 Å². The van der Waals surface area contributed by atoms with Gasteiger partial charge in [0, 0.05) is 0 Å². The number of imidazole rings is 1. The lowest BCUT2D eigenvalue weighted by atomic mass is 10.3. The molecule has 0 bridgehead atoms. The topological polar surface area (TPSA) is 141 Å². The number of aromatic amines is 1. The molecule has 1 rings (SSSR count). The van der Waals surface area contributed by atoms with Gasteiger partial charge in [-0.05, 0) is 0 Å². The van der Waals surface area contributed by atoms with E-state index in [1.165, 1.54) is 0 Å². The molecular formula is C6H4N2O6. The molecule has 0 aromatic carbocycles. The molecule has 14 heavy (non-hydrogen) atoms. The second-order valence-corrected chi connectivity index (χ2v) is 2.22. The molecule has 0 fully saturated rings. The molecule has 1 heterocycles. The van der Waals surface area contributed by atoms with Crippen molar-refractivity contribution in [3.05, 3.63) is 17.2 Å². The molecule has 0 spiro atoms. The molecule has 0 atom stereocenters. The van der Waals surface area contributed by atoms with Crippen LogP contribution >= 0.6 is 0 Å². The number of carboxylic acid groups (broad SMARTS) is 3. The standard InChI is InChI=1S/C6H4N2O6/c9-4(10)1-2(5(11)12)8-3(7-1)6(13)14/h(H,7,8)(H,9,10)(H,11,12)(H,13,14). The van der Waals surface area contributed by atoms with Crippen LogP contribution in [0.3, 0.4) is 0 Å². The zero-order valence-corrected chi connectivity index (χ0v) is 6.51. The number of carbonyl (C=O) groups is 3. The smallest absolute Gasteiger partial charge is 0.371 e. The second kappa shape index (κ2) is 3.17. The summed E-state index contributed by atoms with van der Waals surface area (Å²) in [4.78, 5) is 36.2. The summed E-state index contributed by atoms with van der Waals surface area (Å²) in [7, 11) is 0. The number of nitrogens with zero attached hydrogens (tertiary/aromatic N) is 1. The van der Waals surface area contributed by atoms with E-state index in [-0.39, 0.29) is 0 Å². The summed E-state index contributed by atoms with van der Waals surface area (Å²) < 4.78 is 0. The summed E-state index contributed by atoms with van der Waals surface area (Å²) in [5.41, 5.74) is -1.58. The molecule has 0 unspecified atom stereocenters. The van der Waals surface area contributed by atoms with Gasteiger partial charge in [0.1, 0.15) is 0 Å². The number of carboxylic acids is 3. The van der Waals surface area contributed by atoms with E-state index in [0.717, 1.165) is 0 Å². The number of hydrogen-bond donors (Lipinski definition) is 4. The Morgan fingerprint density at radius 3 is 1.86 bits per heavy atom. The Morgan fingerprint density at radius 2 is 1.57 bits per heavy atom. The van der Waals surface area contributed by atoms with Crippen LogP contribution in [0.2, 0.25) is 0 Å². The molecule has 0 radical (unpaired) electrons. The summed E-state index contributed by atoms with van der Waals surface area (Å²) in [5.74, 6) is -5.44. The number of hydrogen-bond acceptors (Lipinski definition) is 4. The molecule has 0 amide bonds. The highest BCUT2D eigenvalue weighted by molar-refractivity contribution is 6.00. The van der Waals surface area contributed by atoms with E-state index in [4.69, 9.17) is 15.3 Å². The third-order valence-corrected chi connectivity index (χ3v) is 1.32. The van der Waals surface area contributed by atoms with E-state index < -0.39 is 35.1 Å². The second-order valence-electron chi connectivity index (χ2n) is 2.22. The number of aromatic carboxylic acids is 3. The Hall–Kier alpha value is -2.38. The first-order valence-corrected chi connectivity index (χ1v) is 3.23. The zero-order chi connectivity index (χ0) is 10.9. The van der Waals surface area contributed by atoms with Gasteiger partial charge in [0.05, 0.1) is 0 Å². The Bertz CT molecular complexity index is 388. The fraction of sp³-hybridized carbons (Fsp3) is 0. The predicted octanol–water partition coefficient (Wildman–Crippen LogP) is -0.496. The lowest BCUT2D eigenvalue weighted by Gasteiger charge is -1.88. The molecule has 74 valence electrons. The Kier molecular flexibility index (Phi) is 2.19. The minimum absolute atomic E-state index is 0.722. The third kappa shape index (κ3) is 1.53. The first-order chi connectivity index (χ1) is 6.43. The lowest BCUT2D eigenvalue weighted by molar-refractivity contribution is 0.0644. The average molecular weight is 200 g/mol. The van der Waals surface area contributed by atoms with Gasteiger partial charge < -0.3 is 20.3 Å². The van der Waals surface area contributed by atoms with Gasteiger partial charge in [0.2, 0.25) is 5.82 Å². The number of H-pyrrole nitrogens is 1. The Morgan fingerprint density at radius 1 is 1.00 bits per heavy atom. The summed E-state index contributed by atoms with van der Waals surface area (Å²) in [6.45, 7) is 0. The van der Waals surface area contributed by atoms with Crippen molar-refractivity contribution >= 4 is 17.9 Å². The Labute approximate surface area is 75.8 Å². The van der Waals surface area contributed by atoms with Gasteiger partial charge in [-0.25, -0.2) is 19.4 Å². The van der Waals surface area contributed by atoms with Crippen LogP contribution in [0.25, 0.3) is 0 Å². The van der Waals surface area contributed by atoms with Crippen LogP contribution in [-0.2, 0) is 0 Å². The summed E-state index contributed by atoms with van der Waals surface area (Å²) in [5, 5.41) is 25.4. The van der Waals surface area contributed by atoms with Crippen molar-refractivity contribution in [2.24, 2.45) is 0 Å². The summed E-state index contributed by atoms with van der Waals surface area (Å²) in [6.07, 6.45) is 0. The molecule has 0 saturated heterocycles. The quantitative estimate of drug-likeness (QED) is 0.515. The van der Waals surface area contributed by atoms with Crippen LogP contribution in [0.4, 0.5) is 0 Å². The van der Waals surface area contributed by atoms with E-state index in [1.54, 1.807) is 0 Å². The normalized spacial score (nSPS) is 9.71. The molecule has 8 nitrogen and oxygen atoms in total. The van der Waals surface area contributed by atoms with Gasteiger partial charge in [-0.1, -0.05) is 0 Å². The monoisotopic (exact) mass is 200 g/mol. The molecule has 0 aliphatic heterocycles. The molecular weight excluding hydrogens is 196 g/mol. The first-order valence-electron chi connectivity index (χ1n) is 3.23. The van der Waals surface area contributed by atoms with Crippen molar-refractivity contribution < 1.29 is 29.7 Å². The lowest BCUT2D eigenvalue weighted by Crippen LogP contribution is -2.07. The maximum absolute atomic E-state index is 10.4. The van der Waals surface area contributed by atoms with Crippen LogP contribution in [-0.4, -0.2) is 43.2 Å². The largest absolute Gasteiger partial charge is 0.477 e. The maximum atomic E-state index is 10.4. The summed E-state index contributed by atoms with van der Waals surface area (Å²) >= 11 is 0. The van der Waals surface area contributed by atoms with Crippen molar-refractivity contribution in [2.45, 2.75) is 0 Å². The van der Waals surface area contributed by atoms with Gasteiger partial charge in [-0.15, -0.1) is 0 Å². The van der Waals surface area contributed by atoms with E-state index in [0.29, 0.717) is 0 Å². The molecule has 4 N–H and O–H groups in total. The third-order valence-electron chi connectivity index (χ3n) is 1.32. The van der Waals surface area contributed by atoms with Gasteiger partial charge >= 0.3 is 17.9 Å². The minimum atomic E-state index is -1.61. The fourth-order valence-corrected chi connectivity index (χ4v) is 0.784. The Balaban J connectivity index is 3.33. The maximum Gasteiger partial charge on any atom is 0.371 e. The highest BCUT2D eigenvalue weighted by Gasteiger charge is 2.24. The number of rotatable bonds is 3. The van der Waals surface area contributed by atoms with Crippen LogP contribution in [0.5, 0.6) is 0 Å². The zero-order valence-electron chi connectivity index (χ0n) is 6.51. The van der Waals surface area contributed by atoms with Crippen molar-refractivity contribution in [3.63, 3.8) is 0 Å². The van der Waals surface area contributed by atoms with Crippen molar-refractivity contribution in [2.75, 3.05) is 0 Å². The van der Waals surface area contributed by atoms with Crippen LogP contribution in [0, 0.1) is 0 Å². The van der Waals surface area contributed by atoms with Crippen molar-refractivity contribution in [1.29, 1.82) is 0 Å². The number of nitrogens with one attached hydrogen (secondary N) is 1. The molecule has 0 aliphatic carbocycles. The predicted molar refractivity (Wildman–Crippen MR) is 39.5 cm³/mol. The average Bonchev–Trinajstić information content (AvgIpc) is 2.47. The van der Waals surface area contributed by atoms with Crippen LogP contribution < -0.4 is 0 Å². The van der Waals surface area contributed by atoms with Crippen molar-refractivity contribution in [3.8, 4) is 0 Å². The van der Waals surface area contributed by atoms with E-state index in [2.05, 4.69) is 4.98 Å². The molecule has 0 aliphatic rings. The van der Waals surface area contributed by atoms with Gasteiger partial charge in [-0.3, -0.25) is 0 Å². The number of aromatic nitrogens is 2. The van der Waals surface area contributed by atoms with Crippen LogP contribution in [0.1, 0.15) is 31.6 Å². The highest BCUT2D eigenvalue weighted by atomic mass is 16.4. The SMILES string of the molecule is O=C(O)c1nc(C(=O)O)c(C(=O)O)[nH]1. The fourth-order valence-electron chi connectivity index (χ4n) is 0.784. The minimum Gasteiger partial charge on any atom is -0.477 e. The first kappa shape index (κ1) is 9.71. The van der Waals surface area contributed by atoms with E-state index in [9.17, 15) is 14.4 Å². The van der Waals surface area contributed by atoms with Gasteiger partial charge in [0.15, 0.2) is 11.4 Å². The van der Waals surface area contributed by atoms with Gasteiger partial charge in [-0.2, -0.15) is 0 Å². The molecule has 8 heteroatoms.